The summed E-state index contributed by atoms with van der Waals surface area (Å²) < 4.78 is 10.6. The van der Waals surface area contributed by atoms with E-state index in [0.717, 1.165) is 23.7 Å². The van der Waals surface area contributed by atoms with E-state index in [1.165, 1.54) is 16.7 Å². The zero-order valence-corrected chi connectivity index (χ0v) is 12.5. The third kappa shape index (κ3) is 3.23. The quantitative estimate of drug-likeness (QED) is 0.893. The lowest BCUT2D eigenvalue weighted by molar-refractivity contribution is 0.394. The molecule has 0 aliphatic heterocycles. The van der Waals surface area contributed by atoms with Crippen LogP contribution in [0.4, 0.5) is 5.69 Å². The first-order valence-corrected chi connectivity index (χ1v) is 6.66. The fraction of sp³-hybridized carbons (Fsp3) is 0.294. The molecule has 0 heterocycles. The van der Waals surface area contributed by atoms with Gasteiger partial charge >= 0.3 is 0 Å². The number of nitrogens with one attached hydrogen (secondary N) is 1. The lowest BCUT2D eigenvalue weighted by Gasteiger charge is -2.13. The zero-order chi connectivity index (χ0) is 14.5. The van der Waals surface area contributed by atoms with Crippen LogP contribution in [0.1, 0.15) is 16.7 Å². The molecule has 1 N–H and O–H groups in total. The predicted molar refractivity (Wildman–Crippen MR) is 82.8 cm³/mol. The second-order valence-electron chi connectivity index (χ2n) is 4.83. The van der Waals surface area contributed by atoms with E-state index in [2.05, 4.69) is 37.4 Å². The number of hydrogen-bond acceptors (Lipinski definition) is 3. The van der Waals surface area contributed by atoms with Crippen LogP contribution in [0.25, 0.3) is 0 Å². The molecule has 3 heteroatoms. The van der Waals surface area contributed by atoms with Crippen molar-refractivity contribution in [1.82, 2.24) is 0 Å². The third-order valence-corrected chi connectivity index (χ3v) is 3.47. The van der Waals surface area contributed by atoms with E-state index >= 15 is 0 Å². The van der Waals surface area contributed by atoms with Gasteiger partial charge in [-0.25, -0.2) is 0 Å². The van der Waals surface area contributed by atoms with E-state index in [9.17, 15) is 0 Å². The van der Waals surface area contributed by atoms with Gasteiger partial charge in [-0.3, -0.25) is 0 Å². The predicted octanol–water partition coefficient (Wildman–Crippen LogP) is 3.93. The van der Waals surface area contributed by atoms with Crippen LogP contribution in [-0.2, 0) is 6.54 Å². The number of methoxy groups -OCH3 is 2. The highest BCUT2D eigenvalue weighted by atomic mass is 16.5. The standard InChI is InChI=1S/C17H21NO2/c1-12-6-5-7-13(2)17(12)11-18-14-8-15(19-3)10-16(9-14)20-4/h5-10,18H,11H2,1-4H3. The van der Waals surface area contributed by atoms with Gasteiger partial charge in [0.2, 0.25) is 0 Å². The maximum absolute atomic E-state index is 5.28. The molecule has 106 valence electrons. The summed E-state index contributed by atoms with van der Waals surface area (Å²) in [6.07, 6.45) is 0. The highest BCUT2D eigenvalue weighted by Gasteiger charge is 2.04. The van der Waals surface area contributed by atoms with Gasteiger partial charge in [0, 0.05) is 30.4 Å². The maximum atomic E-state index is 5.28. The van der Waals surface area contributed by atoms with Crippen molar-refractivity contribution in [2.45, 2.75) is 20.4 Å². The molecule has 0 bridgehead atoms. The summed E-state index contributed by atoms with van der Waals surface area (Å²) in [5.41, 5.74) is 4.91. The Bertz CT molecular complexity index is 551. The molecule has 2 aromatic rings. The van der Waals surface area contributed by atoms with E-state index in [0.29, 0.717) is 0 Å². The maximum Gasteiger partial charge on any atom is 0.124 e. The average molecular weight is 271 g/mol. The number of hydrogen-bond donors (Lipinski definition) is 1. The Hall–Kier alpha value is -2.16. The van der Waals surface area contributed by atoms with Crippen LogP contribution in [0.3, 0.4) is 0 Å². The van der Waals surface area contributed by atoms with E-state index in [1.807, 2.05) is 18.2 Å². The van der Waals surface area contributed by atoms with Crippen LogP contribution in [0.15, 0.2) is 36.4 Å². The van der Waals surface area contributed by atoms with Gasteiger partial charge < -0.3 is 14.8 Å². The van der Waals surface area contributed by atoms with Gasteiger partial charge in [0.15, 0.2) is 0 Å². The Kier molecular flexibility index (Phi) is 4.51. The molecular weight excluding hydrogens is 250 g/mol. The second-order valence-corrected chi connectivity index (χ2v) is 4.83. The molecule has 0 aromatic heterocycles. The molecule has 0 unspecified atom stereocenters. The van der Waals surface area contributed by atoms with Crippen LogP contribution < -0.4 is 14.8 Å². The first-order valence-electron chi connectivity index (χ1n) is 6.66. The normalized spacial score (nSPS) is 10.2. The summed E-state index contributed by atoms with van der Waals surface area (Å²) in [6, 6.07) is 12.2. The fourth-order valence-electron chi connectivity index (χ4n) is 2.23. The summed E-state index contributed by atoms with van der Waals surface area (Å²) in [5.74, 6) is 1.57. The van der Waals surface area contributed by atoms with E-state index < -0.39 is 0 Å². The topological polar surface area (TPSA) is 30.5 Å². The first-order chi connectivity index (χ1) is 9.63. The fourth-order valence-corrected chi connectivity index (χ4v) is 2.23. The SMILES string of the molecule is COc1cc(NCc2c(C)cccc2C)cc(OC)c1. The monoisotopic (exact) mass is 271 g/mol. The minimum Gasteiger partial charge on any atom is -0.497 e. The van der Waals surface area contributed by atoms with Crippen molar-refractivity contribution in [1.29, 1.82) is 0 Å². The summed E-state index contributed by atoms with van der Waals surface area (Å²) in [4.78, 5) is 0. The highest BCUT2D eigenvalue weighted by molar-refractivity contribution is 5.54. The molecule has 2 rings (SSSR count). The molecule has 0 radical (unpaired) electrons. The number of rotatable bonds is 5. The minimum absolute atomic E-state index is 0.786. The van der Waals surface area contributed by atoms with E-state index in [-0.39, 0.29) is 0 Å². The van der Waals surface area contributed by atoms with Gasteiger partial charge in [-0.1, -0.05) is 18.2 Å². The van der Waals surface area contributed by atoms with Crippen LogP contribution in [0, 0.1) is 13.8 Å². The minimum atomic E-state index is 0.786. The van der Waals surface area contributed by atoms with Crippen LogP contribution in [-0.4, -0.2) is 14.2 Å². The zero-order valence-electron chi connectivity index (χ0n) is 12.5. The average Bonchev–Trinajstić information content (AvgIpc) is 2.46. The lowest BCUT2D eigenvalue weighted by Crippen LogP contribution is -2.04. The molecule has 0 spiro atoms. The largest absolute Gasteiger partial charge is 0.497 e. The van der Waals surface area contributed by atoms with Gasteiger partial charge in [-0.05, 0) is 30.5 Å². The van der Waals surface area contributed by atoms with Crippen molar-refractivity contribution in [3.05, 3.63) is 53.1 Å². The summed E-state index contributed by atoms with van der Waals surface area (Å²) in [6.45, 7) is 5.06. The number of aryl methyl sites for hydroxylation is 2. The van der Waals surface area contributed by atoms with Crippen molar-refractivity contribution in [2.75, 3.05) is 19.5 Å². The molecule has 0 saturated carbocycles. The molecule has 0 aliphatic carbocycles. The second kappa shape index (κ2) is 6.33. The van der Waals surface area contributed by atoms with Crippen molar-refractivity contribution in [2.24, 2.45) is 0 Å². The first kappa shape index (κ1) is 14.3. The molecular formula is C17H21NO2. The third-order valence-electron chi connectivity index (χ3n) is 3.47. The Balaban J connectivity index is 2.18. The van der Waals surface area contributed by atoms with Crippen LogP contribution >= 0.6 is 0 Å². The molecule has 0 saturated heterocycles. The smallest absolute Gasteiger partial charge is 0.124 e. The van der Waals surface area contributed by atoms with Crippen molar-refractivity contribution in [3.8, 4) is 11.5 Å². The Morgan fingerprint density at radius 2 is 1.45 bits per heavy atom. The van der Waals surface area contributed by atoms with Crippen molar-refractivity contribution >= 4 is 5.69 Å². The number of anilines is 1. The van der Waals surface area contributed by atoms with Gasteiger partial charge in [-0.2, -0.15) is 0 Å². The van der Waals surface area contributed by atoms with E-state index in [4.69, 9.17) is 9.47 Å². The highest BCUT2D eigenvalue weighted by Crippen LogP contribution is 2.26. The lowest BCUT2D eigenvalue weighted by atomic mass is 10.0. The number of benzene rings is 2. The molecule has 0 amide bonds. The van der Waals surface area contributed by atoms with Crippen molar-refractivity contribution < 1.29 is 9.47 Å². The molecule has 2 aromatic carbocycles. The molecule has 0 fully saturated rings. The summed E-state index contributed by atoms with van der Waals surface area (Å²) in [7, 11) is 3.31. The molecule has 20 heavy (non-hydrogen) atoms. The molecule has 0 atom stereocenters. The van der Waals surface area contributed by atoms with Gasteiger partial charge in [0.25, 0.3) is 0 Å². The van der Waals surface area contributed by atoms with Crippen molar-refractivity contribution in [3.63, 3.8) is 0 Å². The molecule has 3 nitrogen and oxygen atoms in total. The van der Waals surface area contributed by atoms with Crippen LogP contribution in [0.2, 0.25) is 0 Å². The van der Waals surface area contributed by atoms with Crippen LogP contribution in [0.5, 0.6) is 11.5 Å². The summed E-state index contributed by atoms with van der Waals surface area (Å²) >= 11 is 0. The Morgan fingerprint density at radius 1 is 0.900 bits per heavy atom. The molecule has 0 aliphatic rings. The van der Waals surface area contributed by atoms with E-state index in [1.54, 1.807) is 14.2 Å². The van der Waals surface area contributed by atoms with Gasteiger partial charge in [0.05, 0.1) is 14.2 Å². The Labute approximate surface area is 120 Å². The van der Waals surface area contributed by atoms with Gasteiger partial charge in [-0.15, -0.1) is 0 Å². The van der Waals surface area contributed by atoms with Gasteiger partial charge in [0.1, 0.15) is 11.5 Å². The Morgan fingerprint density at radius 3 is 1.95 bits per heavy atom. The number of ether oxygens (including phenoxy) is 2. The summed E-state index contributed by atoms with van der Waals surface area (Å²) in [5, 5.41) is 3.43.